The van der Waals surface area contributed by atoms with Gasteiger partial charge in [0.2, 0.25) is 5.75 Å². The molecule has 1 N–H and O–H groups in total. The summed E-state index contributed by atoms with van der Waals surface area (Å²) in [6, 6.07) is 3.85. The van der Waals surface area contributed by atoms with E-state index in [-0.39, 0.29) is 12.1 Å². The van der Waals surface area contributed by atoms with E-state index in [1.54, 1.807) is 33.5 Å². The van der Waals surface area contributed by atoms with Gasteiger partial charge in [0.1, 0.15) is 11.9 Å². The second kappa shape index (κ2) is 7.85. The van der Waals surface area contributed by atoms with Crippen LogP contribution in [0.15, 0.2) is 12.1 Å². The van der Waals surface area contributed by atoms with Crippen molar-refractivity contribution in [1.82, 2.24) is 5.32 Å². The number of nitrogens with one attached hydrogen (secondary N) is 1. The number of likely N-dealkylation sites (N-methyl/N-ethyl adjacent to an activating group) is 1. The highest BCUT2D eigenvalue weighted by atomic mass is 16.5. The highest BCUT2D eigenvalue weighted by Gasteiger charge is 2.17. The predicted octanol–water partition coefficient (Wildman–Crippen LogP) is 2.48. The fourth-order valence-corrected chi connectivity index (χ4v) is 1.93. The minimum absolute atomic E-state index is 0.0257. The van der Waals surface area contributed by atoms with Gasteiger partial charge in [0.25, 0.3) is 0 Å². The minimum Gasteiger partial charge on any atom is -0.493 e. The lowest BCUT2D eigenvalue weighted by atomic mass is 10.2. The third-order valence-electron chi connectivity index (χ3n) is 3.19. The van der Waals surface area contributed by atoms with Crippen LogP contribution in [-0.4, -0.2) is 40.0 Å². The number of hydrogen-bond acceptors (Lipinski definition) is 5. The fourth-order valence-electron chi connectivity index (χ4n) is 1.93. The van der Waals surface area contributed by atoms with Crippen LogP contribution in [0.25, 0.3) is 0 Å². The summed E-state index contributed by atoms with van der Waals surface area (Å²) in [5.74, 6) is 2.43. The van der Waals surface area contributed by atoms with E-state index in [9.17, 15) is 0 Å². The van der Waals surface area contributed by atoms with E-state index < -0.39 is 0 Å². The second-order valence-electron chi connectivity index (χ2n) is 4.53. The van der Waals surface area contributed by atoms with E-state index in [4.69, 9.17) is 18.9 Å². The Balaban J connectivity index is 2.96. The van der Waals surface area contributed by atoms with Crippen LogP contribution >= 0.6 is 0 Å². The molecule has 0 spiro atoms. The maximum atomic E-state index is 5.94. The van der Waals surface area contributed by atoms with Crippen LogP contribution in [0, 0.1) is 0 Å². The maximum Gasteiger partial charge on any atom is 0.203 e. The molecule has 114 valence electrons. The standard InChI is InChI=1S/C15H25NO4/c1-7-16-10(2)11(3)20-12-8-13(17-4)15(19-6)14(9-12)18-5/h8-11,16H,7H2,1-6H3. The van der Waals surface area contributed by atoms with Gasteiger partial charge in [-0.15, -0.1) is 0 Å². The summed E-state index contributed by atoms with van der Waals surface area (Å²) in [6.45, 7) is 7.09. The van der Waals surface area contributed by atoms with Crippen molar-refractivity contribution in [3.05, 3.63) is 12.1 Å². The van der Waals surface area contributed by atoms with Crippen molar-refractivity contribution in [3.63, 3.8) is 0 Å². The Morgan fingerprint density at radius 3 is 1.95 bits per heavy atom. The molecule has 0 heterocycles. The molecule has 0 saturated heterocycles. The van der Waals surface area contributed by atoms with E-state index in [0.717, 1.165) is 6.54 Å². The van der Waals surface area contributed by atoms with Crippen molar-refractivity contribution in [2.75, 3.05) is 27.9 Å². The Kier molecular flexibility index (Phi) is 6.45. The summed E-state index contributed by atoms with van der Waals surface area (Å²) in [6.07, 6.45) is 0.0257. The lowest BCUT2D eigenvalue weighted by Crippen LogP contribution is -2.38. The van der Waals surface area contributed by atoms with E-state index in [2.05, 4.69) is 19.2 Å². The SMILES string of the molecule is CCNC(C)C(C)Oc1cc(OC)c(OC)c(OC)c1. The van der Waals surface area contributed by atoms with Crippen LogP contribution in [0.3, 0.4) is 0 Å². The molecule has 5 heteroatoms. The van der Waals surface area contributed by atoms with Gasteiger partial charge >= 0.3 is 0 Å². The molecule has 2 unspecified atom stereocenters. The molecule has 1 aromatic rings. The zero-order valence-electron chi connectivity index (χ0n) is 13.1. The molecule has 1 aromatic carbocycles. The smallest absolute Gasteiger partial charge is 0.203 e. The van der Waals surface area contributed by atoms with Gasteiger partial charge in [0, 0.05) is 18.2 Å². The first-order valence-electron chi connectivity index (χ1n) is 6.77. The summed E-state index contributed by atoms with van der Waals surface area (Å²) >= 11 is 0. The lowest BCUT2D eigenvalue weighted by Gasteiger charge is -2.23. The van der Waals surface area contributed by atoms with Crippen molar-refractivity contribution in [3.8, 4) is 23.0 Å². The van der Waals surface area contributed by atoms with Gasteiger partial charge in [-0.2, -0.15) is 0 Å². The largest absolute Gasteiger partial charge is 0.493 e. The summed E-state index contributed by atoms with van der Waals surface area (Å²) < 4.78 is 21.8. The Morgan fingerprint density at radius 2 is 1.55 bits per heavy atom. The number of benzene rings is 1. The number of hydrogen-bond donors (Lipinski definition) is 1. The first-order chi connectivity index (χ1) is 9.57. The Hall–Kier alpha value is -1.62. The molecule has 0 aromatic heterocycles. The van der Waals surface area contributed by atoms with E-state index in [1.807, 2.05) is 6.92 Å². The number of rotatable bonds is 8. The van der Waals surface area contributed by atoms with Crippen molar-refractivity contribution in [2.45, 2.75) is 32.9 Å². The van der Waals surface area contributed by atoms with Gasteiger partial charge in [0.05, 0.1) is 21.3 Å². The topological polar surface area (TPSA) is 49.0 Å². The predicted molar refractivity (Wildman–Crippen MR) is 79.3 cm³/mol. The monoisotopic (exact) mass is 283 g/mol. The molecule has 20 heavy (non-hydrogen) atoms. The molecule has 0 radical (unpaired) electrons. The molecule has 0 amide bonds. The zero-order chi connectivity index (χ0) is 15.1. The zero-order valence-corrected chi connectivity index (χ0v) is 13.1. The Morgan fingerprint density at radius 1 is 1.00 bits per heavy atom. The third-order valence-corrected chi connectivity index (χ3v) is 3.19. The first-order valence-corrected chi connectivity index (χ1v) is 6.77. The van der Waals surface area contributed by atoms with Crippen molar-refractivity contribution < 1.29 is 18.9 Å². The Bertz CT molecular complexity index is 397. The molecule has 0 bridgehead atoms. The number of methoxy groups -OCH3 is 3. The summed E-state index contributed by atoms with van der Waals surface area (Å²) in [7, 11) is 4.76. The number of ether oxygens (including phenoxy) is 4. The highest BCUT2D eigenvalue weighted by Crippen LogP contribution is 2.41. The van der Waals surface area contributed by atoms with Gasteiger partial charge in [-0.05, 0) is 20.4 Å². The second-order valence-corrected chi connectivity index (χ2v) is 4.53. The van der Waals surface area contributed by atoms with Gasteiger partial charge in [0.15, 0.2) is 11.5 Å². The van der Waals surface area contributed by atoms with E-state index >= 15 is 0 Å². The summed E-state index contributed by atoms with van der Waals surface area (Å²) in [4.78, 5) is 0. The van der Waals surface area contributed by atoms with Gasteiger partial charge in [-0.1, -0.05) is 6.92 Å². The molecule has 0 fully saturated rings. The molecule has 0 aliphatic carbocycles. The summed E-state index contributed by atoms with van der Waals surface area (Å²) in [5, 5.41) is 3.33. The van der Waals surface area contributed by atoms with Crippen LogP contribution in [0.5, 0.6) is 23.0 Å². The molecular weight excluding hydrogens is 258 g/mol. The molecule has 0 aliphatic rings. The normalized spacial score (nSPS) is 13.5. The quantitative estimate of drug-likeness (QED) is 0.794. The van der Waals surface area contributed by atoms with Crippen molar-refractivity contribution >= 4 is 0 Å². The molecule has 1 rings (SSSR count). The third kappa shape index (κ3) is 3.93. The molecule has 0 aliphatic heterocycles. The van der Waals surface area contributed by atoms with Crippen LogP contribution in [-0.2, 0) is 0 Å². The van der Waals surface area contributed by atoms with Gasteiger partial charge in [-0.3, -0.25) is 0 Å². The average molecular weight is 283 g/mol. The Labute approximate surface area is 121 Å². The maximum absolute atomic E-state index is 5.94. The minimum atomic E-state index is 0.0257. The van der Waals surface area contributed by atoms with Crippen LogP contribution in [0.1, 0.15) is 20.8 Å². The molecular formula is C15H25NO4. The average Bonchev–Trinajstić information content (AvgIpc) is 2.46. The van der Waals surface area contributed by atoms with E-state index in [1.165, 1.54) is 0 Å². The highest BCUT2D eigenvalue weighted by molar-refractivity contribution is 5.55. The van der Waals surface area contributed by atoms with Gasteiger partial charge < -0.3 is 24.3 Å². The van der Waals surface area contributed by atoms with Gasteiger partial charge in [-0.25, -0.2) is 0 Å². The van der Waals surface area contributed by atoms with Crippen molar-refractivity contribution in [1.29, 1.82) is 0 Å². The fraction of sp³-hybridized carbons (Fsp3) is 0.600. The van der Waals surface area contributed by atoms with Crippen molar-refractivity contribution in [2.24, 2.45) is 0 Å². The van der Waals surface area contributed by atoms with Crippen LogP contribution in [0.2, 0.25) is 0 Å². The first kappa shape index (κ1) is 16.4. The molecule has 0 saturated carbocycles. The molecule has 2 atom stereocenters. The molecule has 5 nitrogen and oxygen atoms in total. The van der Waals surface area contributed by atoms with Crippen LogP contribution < -0.4 is 24.3 Å². The lowest BCUT2D eigenvalue weighted by molar-refractivity contribution is 0.177. The summed E-state index contributed by atoms with van der Waals surface area (Å²) in [5.41, 5.74) is 0. The van der Waals surface area contributed by atoms with Crippen LogP contribution in [0.4, 0.5) is 0 Å². The van der Waals surface area contributed by atoms with E-state index in [0.29, 0.717) is 23.0 Å².